The lowest BCUT2D eigenvalue weighted by atomic mass is 10.1. The molecule has 2 N–H and O–H groups in total. The second-order valence-electron chi connectivity index (χ2n) is 4.74. The average Bonchev–Trinajstić information content (AvgIpc) is 2.94. The molecule has 0 spiro atoms. The van der Waals surface area contributed by atoms with E-state index in [-0.39, 0.29) is 11.0 Å². The van der Waals surface area contributed by atoms with Gasteiger partial charge in [-0.3, -0.25) is 4.79 Å². The number of nitrogens with one attached hydrogen (secondary N) is 2. The first-order chi connectivity index (χ1) is 10.6. The summed E-state index contributed by atoms with van der Waals surface area (Å²) >= 11 is 6.47. The number of carbonyl (C=O) groups is 1. The summed E-state index contributed by atoms with van der Waals surface area (Å²) in [5.74, 6) is -0.205. The topological polar surface area (TPSA) is 54.0 Å². The Balaban J connectivity index is 1.82. The molecule has 0 aliphatic heterocycles. The minimum absolute atomic E-state index is 0.205. The Morgan fingerprint density at radius 3 is 2.73 bits per heavy atom. The number of nitrogens with zero attached hydrogens (tertiary/aromatic N) is 1. The highest BCUT2D eigenvalue weighted by molar-refractivity contribution is 7.80. The molecule has 1 amide bonds. The molecule has 0 aliphatic carbocycles. The summed E-state index contributed by atoms with van der Waals surface area (Å²) in [5, 5.41) is 10.7. The number of thiazole rings is 1. The molecule has 0 radical (unpaired) electrons. The van der Waals surface area contributed by atoms with E-state index in [1.54, 1.807) is 0 Å². The smallest absolute Gasteiger partial charge is 0.222 e. The zero-order valence-electron chi connectivity index (χ0n) is 11.8. The van der Waals surface area contributed by atoms with E-state index >= 15 is 0 Å². The minimum Gasteiger partial charge on any atom is -0.308 e. The number of hydrogen-bond acceptors (Lipinski definition) is 4. The van der Waals surface area contributed by atoms with Gasteiger partial charge in [0.05, 0.1) is 5.69 Å². The number of amides is 1. The van der Waals surface area contributed by atoms with E-state index in [1.807, 2.05) is 23.6 Å². The van der Waals surface area contributed by atoms with Crippen molar-refractivity contribution in [1.29, 1.82) is 0 Å². The lowest BCUT2D eigenvalue weighted by Crippen LogP contribution is -2.32. The Hall–Kier alpha value is -2.31. The third-order valence-corrected chi connectivity index (χ3v) is 4.02. The third kappa shape index (κ3) is 3.29. The summed E-state index contributed by atoms with van der Waals surface area (Å²) in [6.07, 6.45) is 0. The van der Waals surface area contributed by atoms with Crippen LogP contribution in [0.2, 0.25) is 0 Å². The predicted octanol–water partition coefficient (Wildman–Crippen LogP) is 3.80. The molecule has 110 valence electrons. The van der Waals surface area contributed by atoms with Crippen molar-refractivity contribution in [2.75, 3.05) is 5.32 Å². The average molecular weight is 327 g/mol. The van der Waals surface area contributed by atoms with Gasteiger partial charge < -0.3 is 10.6 Å². The Bertz CT molecular complexity index is 857. The standard InChI is InChI=1S/C16H13N3OS2/c1-10(20)17-15(21)19-16-18-14(9-22-16)13-7-6-11-4-2-3-5-12(11)8-13/h2-9H,1H3,(H2,17,18,19,20,21). The first-order valence-corrected chi connectivity index (χ1v) is 7.94. The van der Waals surface area contributed by atoms with Crippen molar-refractivity contribution in [2.24, 2.45) is 0 Å². The lowest BCUT2D eigenvalue weighted by Gasteiger charge is -2.04. The van der Waals surface area contributed by atoms with Crippen molar-refractivity contribution in [3.05, 3.63) is 47.8 Å². The zero-order valence-corrected chi connectivity index (χ0v) is 13.4. The Labute approximate surface area is 137 Å². The third-order valence-electron chi connectivity index (χ3n) is 3.06. The molecule has 0 bridgehead atoms. The van der Waals surface area contributed by atoms with Gasteiger partial charge in [-0.05, 0) is 29.1 Å². The highest BCUT2D eigenvalue weighted by atomic mass is 32.1. The molecular weight excluding hydrogens is 314 g/mol. The Morgan fingerprint density at radius 2 is 1.95 bits per heavy atom. The highest BCUT2D eigenvalue weighted by Gasteiger charge is 2.07. The summed E-state index contributed by atoms with van der Waals surface area (Å²) < 4.78 is 0. The largest absolute Gasteiger partial charge is 0.308 e. The molecule has 0 aliphatic rings. The van der Waals surface area contributed by atoms with Crippen LogP contribution >= 0.6 is 23.6 Å². The van der Waals surface area contributed by atoms with Crippen molar-refractivity contribution in [3.8, 4) is 11.3 Å². The molecule has 2 aromatic carbocycles. The molecule has 22 heavy (non-hydrogen) atoms. The van der Waals surface area contributed by atoms with Crippen LogP contribution in [0.25, 0.3) is 22.0 Å². The van der Waals surface area contributed by atoms with E-state index in [0.29, 0.717) is 5.13 Å². The van der Waals surface area contributed by atoms with Crippen molar-refractivity contribution in [3.63, 3.8) is 0 Å². The fourth-order valence-electron chi connectivity index (χ4n) is 2.10. The molecule has 3 aromatic rings. The van der Waals surface area contributed by atoms with Crippen molar-refractivity contribution < 1.29 is 4.79 Å². The summed E-state index contributed by atoms with van der Waals surface area (Å²) in [6.45, 7) is 1.41. The molecule has 3 rings (SSSR count). The van der Waals surface area contributed by atoms with Crippen molar-refractivity contribution in [2.45, 2.75) is 6.92 Å². The molecule has 0 unspecified atom stereocenters. The van der Waals surface area contributed by atoms with Gasteiger partial charge in [0, 0.05) is 17.9 Å². The fourth-order valence-corrected chi connectivity index (χ4v) is 3.13. The van der Waals surface area contributed by atoms with Crippen LogP contribution in [0, 0.1) is 0 Å². The second kappa shape index (κ2) is 6.21. The summed E-state index contributed by atoms with van der Waals surface area (Å²) in [6, 6.07) is 14.4. The maximum atomic E-state index is 10.9. The maximum absolute atomic E-state index is 10.9. The zero-order chi connectivity index (χ0) is 15.5. The van der Waals surface area contributed by atoms with E-state index in [1.165, 1.54) is 29.0 Å². The van der Waals surface area contributed by atoms with E-state index in [2.05, 4.69) is 39.9 Å². The fraction of sp³-hybridized carbons (Fsp3) is 0.0625. The van der Waals surface area contributed by atoms with Crippen molar-refractivity contribution in [1.82, 2.24) is 10.3 Å². The monoisotopic (exact) mass is 327 g/mol. The summed E-state index contributed by atoms with van der Waals surface area (Å²) in [5.41, 5.74) is 1.93. The van der Waals surface area contributed by atoms with Gasteiger partial charge in [-0.15, -0.1) is 11.3 Å². The Kier molecular flexibility index (Phi) is 4.13. The van der Waals surface area contributed by atoms with E-state index < -0.39 is 0 Å². The minimum atomic E-state index is -0.205. The quantitative estimate of drug-likeness (QED) is 0.703. The number of hydrogen-bond donors (Lipinski definition) is 2. The molecule has 6 heteroatoms. The van der Waals surface area contributed by atoms with Gasteiger partial charge in [0.15, 0.2) is 10.2 Å². The van der Waals surface area contributed by atoms with Gasteiger partial charge in [-0.25, -0.2) is 4.98 Å². The SMILES string of the molecule is CC(=O)NC(=S)Nc1nc(-c2ccc3ccccc3c2)cs1. The van der Waals surface area contributed by atoms with Crippen LogP contribution in [0.3, 0.4) is 0 Å². The first-order valence-electron chi connectivity index (χ1n) is 6.65. The van der Waals surface area contributed by atoms with Crippen LogP contribution in [0.1, 0.15) is 6.92 Å². The normalized spacial score (nSPS) is 10.4. The van der Waals surface area contributed by atoms with E-state index in [0.717, 1.165) is 11.3 Å². The number of rotatable bonds is 2. The van der Waals surface area contributed by atoms with Crippen LogP contribution in [0.15, 0.2) is 47.8 Å². The number of anilines is 1. The van der Waals surface area contributed by atoms with Crippen LogP contribution in [-0.2, 0) is 4.79 Å². The number of carbonyl (C=O) groups excluding carboxylic acids is 1. The van der Waals surface area contributed by atoms with Gasteiger partial charge in [0.1, 0.15) is 0 Å². The van der Waals surface area contributed by atoms with Crippen LogP contribution in [-0.4, -0.2) is 16.0 Å². The van der Waals surface area contributed by atoms with E-state index in [9.17, 15) is 4.79 Å². The van der Waals surface area contributed by atoms with Gasteiger partial charge in [0.2, 0.25) is 5.91 Å². The molecule has 0 saturated heterocycles. The highest BCUT2D eigenvalue weighted by Crippen LogP contribution is 2.27. The summed E-state index contributed by atoms with van der Waals surface area (Å²) in [4.78, 5) is 15.4. The molecule has 4 nitrogen and oxygen atoms in total. The van der Waals surface area contributed by atoms with Gasteiger partial charge in [-0.1, -0.05) is 36.4 Å². The molecule has 0 atom stereocenters. The molecule has 1 heterocycles. The Morgan fingerprint density at radius 1 is 1.18 bits per heavy atom. The molecule has 0 saturated carbocycles. The van der Waals surface area contributed by atoms with Crippen molar-refractivity contribution >= 4 is 50.5 Å². The van der Waals surface area contributed by atoms with Gasteiger partial charge in [0.25, 0.3) is 0 Å². The molecule has 0 fully saturated rings. The lowest BCUT2D eigenvalue weighted by molar-refractivity contribution is -0.117. The van der Waals surface area contributed by atoms with Crippen LogP contribution < -0.4 is 10.6 Å². The van der Waals surface area contributed by atoms with Gasteiger partial charge >= 0.3 is 0 Å². The maximum Gasteiger partial charge on any atom is 0.222 e. The van der Waals surface area contributed by atoms with Crippen LogP contribution in [0.4, 0.5) is 5.13 Å². The van der Waals surface area contributed by atoms with Gasteiger partial charge in [-0.2, -0.15) is 0 Å². The van der Waals surface area contributed by atoms with E-state index in [4.69, 9.17) is 12.2 Å². The first kappa shape index (κ1) is 14.6. The second-order valence-corrected chi connectivity index (χ2v) is 6.00. The predicted molar refractivity (Wildman–Crippen MR) is 95.1 cm³/mol. The molecule has 1 aromatic heterocycles. The number of aromatic nitrogens is 1. The number of thiocarbonyl (C=S) groups is 1. The van der Waals surface area contributed by atoms with Crippen LogP contribution in [0.5, 0.6) is 0 Å². The summed E-state index contributed by atoms with van der Waals surface area (Å²) in [7, 11) is 0. The number of fused-ring (bicyclic) bond motifs is 1. The number of benzene rings is 2. The molecular formula is C16H13N3OS2.